The third kappa shape index (κ3) is 4.03. The Morgan fingerprint density at radius 3 is 2.44 bits per heavy atom. The second-order valence-corrected chi connectivity index (χ2v) is 8.86. The maximum absolute atomic E-state index is 5.85. The lowest BCUT2D eigenvalue weighted by molar-refractivity contribution is 0.310. The van der Waals surface area contributed by atoms with Gasteiger partial charge in [0, 0.05) is 42.2 Å². The van der Waals surface area contributed by atoms with Gasteiger partial charge in [0.25, 0.3) is 0 Å². The number of thiocarbonyl (C=S) groups is 1. The van der Waals surface area contributed by atoms with Crippen molar-refractivity contribution in [3.05, 3.63) is 107 Å². The Morgan fingerprint density at radius 1 is 1.00 bits per heavy atom. The van der Waals surface area contributed by atoms with Crippen LogP contribution in [0.3, 0.4) is 0 Å². The molecule has 3 aromatic heterocycles. The number of methoxy groups -OCH3 is 1. The van der Waals surface area contributed by atoms with Crippen molar-refractivity contribution in [2.24, 2.45) is 0 Å². The van der Waals surface area contributed by atoms with E-state index in [1.54, 1.807) is 7.11 Å². The molecule has 1 aliphatic rings. The maximum atomic E-state index is 5.85. The highest BCUT2D eigenvalue weighted by atomic mass is 32.1. The van der Waals surface area contributed by atoms with Crippen LogP contribution in [0.1, 0.15) is 40.3 Å². The molecule has 7 heteroatoms. The molecule has 0 amide bonds. The predicted molar refractivity (Wildman–Crippen MR) is 137 cm³/mol. The smallest absolute Gasteiger partial charge is 0.170 e. The highest BCUT2D eigenvalue weighted by Gasteiger charge is 2.41. The van der Waals surface area contributed by atoms with Crippen LogP contribution in [0.15, 0.2) is 79.3 Å². The van der Waals surface area contributed by atoms with Crippen molar-refractivity contribution < 1.29 is 4.74 Å². The average Bonchev–Trinajstić information content (AvgIpc) is 3.35. The van der Waals surface area contributed by atoms with Gasteiger partial charge in [-0.05, 0) is 91.8 Å². The molecule has 1 aliphatic heterocycles. The Hall–Kier alpha value is -3.71. The Kier molecular flexibility index (Phi) is 6.02. The highest BCUT2D eigenvalue weighted by Crippen LogP contribution is 2.42. The van der Waals surface area contributed by atoms with E-state index in [-0.39, 0.29) is 12.1 Å². The molecule has 172 valence electrons. The van der Waals surface area contributed by atoms with Crippen LogP contribution in [-0.4, -0.2) is 31.7 Å². The molecule has 0 bridgehead atoms. The van der Waals surface area contributed by atoms with Gasteiger partial charge >= 0.3 is 0 Å². The number of rotatable bonds is 6. The molecule has 4 heterocycles. The SMILES string of the molecule is COc1ccc(-n2c(C)cc(C3C(c4ccccn4)NC(=S)N3Cc3ccncc3)c2C)cc1. The van der Waals surface area contributed by atoms with Crippen molar-refractivity contribution in [2.45, 2.75) is 32.5 Å². The summed E-state index contributed by atoms with van der Waals surface area (Å²) < 4.78 is 7.64. The maximum Gasteiger partial charge on any atom is 0.170 e. The molecule has 0 aliphatic carbocycles. The quantitative estimate of drug-likeness (QED) is 0.398. The van der Waals surface area contributed by atoms with Gasteiger partial charge in [-0.3, -0.25) is 9.97 Å². The molecule has 2 atom stereocenters. The summed E-state index contributed by atoms with van der Waals surface area (Å²) in [4.78, 5) is 11.1. The van der Waals surface area contributed by atoms with Gasteiger partial charge in [-0.1, -0.05) is 6.07 Å². The molecule has 5 rings (SSSR count). The van der Waals surface area contributed by atoms with Crippen LogP contribution in [0, 0.1) is 13.8 Å². The van der Waals surface area contributed by atoms with Gasteiger partial charge in [-0.2, -0.15) is 0 Å². The van der Waals surface area contributed by atoms with E-state index in [1.807, 2.05) is 55.0 Å². The highest BCUT2D eigenvalue weighted by molar-refractivity contribution is 7.80. The van der Waals surface area contributed by atoms with Crippen LogP contribution in [-0.2, 0) is 6.54 Å². The predicted octanol–water partition coefficient (Wildman–Crippen LogP) is 5.07. The molecule has 34 heavy (non-hydrogen) atoms. The van der Waals surface area contributed by atoms with Crippen molar-refractivity contribution in [1.82, 2.24) is 24.8 Å². The summed E-state index contributed by atoms with van der Waals surface area (Å²) in [7, 11) is 1.68. The lowest BCUT2D eigenvalue weighted by Crippen LogP contribution is -2.29. The fourth-order valence-corrected chi connectivity index (χ4v) is 5.12. The van der Waals surface area contributed by atoms with Crippen LogP contribution < -0.4 is 10.1 Å². The molecule has 1 N–H and O–H groups in total. The molecule has 6 nitrogen and oxygen atoms in total. The van der Waals surface area contributed by atoms with Gasteiger partial charge in [0.1, 0.15) is 5.75 Å². The first-order chi connectivity index (χ1) is 16.6. The minimum absolute atomic E-state index is 0.00577. The summed E-state index contributed by atoms with van der Waals surface area (Å²) in [6.07, 6.45) is 5.48. The number of aromatic nitrogens is 3. The van der Waals surface area contributed by atoms with Crippen molar-refractivity contribution in [2.75, 3.05) is 7.11 Å². The van der Waals surface area contributed by atoms with Gasteiger partial charge in [0.15, 0.2) is 5.11 Å². The zero-order chi connectivity index (χ0) is 23.7. The molecular formula is C27H27N5OS. The summed E-state index contributed by atoms with van der Waals surface area (Å²) in [5.74, 6) is 0.843. The van der Waals surface area contributed by atoms with E-state index in [0.29, 0.717) is 6.54 Å². The van der Waals surface area contributed by atoms with Crippen molar-refractivity contribution in [1.29, 1.82) is 0 Å². The van der Waals surface area contributed by atoms with E-state index >= 15 is 0 Å². The fraction of sp³-hybridized carbons (Fsp3) is 0.222. The van der Waals surface area contributed by atoms with E-state index in [0.717, 1.165) is 27.8 Å². The molecular weight excluding hydrogens is 442 g/mol. The number of pyridine rings is 2. The first-order valence-corrected chi connectivity index (χ1v) is 11.7. The molecule has 2 unspecified atom stereocenters. The Morgan fingerprint density at radius 2 is 1.76 bits per heavy atom. The zero-order valence-electron chi connectivity index (χ0n) is 19.5. The average molecular weight is 470 g/mol. The second-order valence-electron chi connectivity index (χ2n) is 8.47. The molecule has 4 aromatic rings. The number of nitrogens with one attached hydrogen (secondary N) is 1. The van der Waals surface area contributed by atoms with E-state index in [2.05, 4.69) is 62.9 Å². The topological polar surface area (TPSA) is 55.2 Å². The molecule has 0 radical (unpaired) electrons. The number of ether oxygens (including phenoxy) is 1. The standard InChI is InChI=1S/C27H27N5OS/c1-18-16-23(19(2)32(18)21-7-9-22(33-3)10-8-21)26-25(24-6-4-5-13-29-24)30-27(34)31(26)17-20-11-14-28-15-12-20/h4-16,25-26H,17H2,1-3H3,(H,30,34). The third-order valence-electron chi connectivity index (χ3n) is 6.42. The lowest BCUT2D eigenvalue weighted by atomic mass is 9.96. The summed E-state index contributed by atoms with van der Waals surface area (Å²) >= 11 is 5.85. The van der Waals surface area contributed by atoms with E-state index in [9.17, 15) is 0 Å². The summed E-state index contributed by atoms with van der Waals surface area (Å²) in [6.45, 7) is 5.01. The number of hydrogen-bond donors (Lipinski definition) is 1. The van der Waals surface area contributed by atoms with Crippen LogP contribution in [0.25, 0.3) is 5.69 Å². The Bertz CT molecular complexity index is 1290. The van der Waals surface area contributed by atoms with Gasteiger partial charge in [0.05, 0.1) is 24.9 Å². The molecule has 0 spiro atoms. The zero-order valence-corrected chi connectivity index (χ0v) is 20.3. The minimum atomic E-state index is -0.0552. The van der Waals surface area contributed by atoms with Crippen LogP contribution in [0.5, 0.6) is 5.75 Å². The monoisotopic (exact) mass is 469 g/mol. The normalized spacial score (nSPS) is 17.6. The van der Waals surface area contributed by atoms with Crippen LogP contribution in [0.4, 0.5) is 0 Å². The summed E-state index contributed by atoms with van der Waals surface area (Å²) in [5.41, 5.74) is 6.81. The largest absolute Gasteiger partial charge is 0.497 e. The minimum Gasteiger partial charge on any atom is -0.497 e. The first kappa shape index (κ1) is 22.1. The van der Waals surface area contributed by atoms with E-state index in [1.165, 1.54) is 17.0 Å². The number of nitrogens with zero attached hydrogens (tertiary/aromatic N) is 4. The van der Waals surface area contributed by atoms with Crippen molar-refractivity contribution in [3.8, 4) is 11.4 Å². The second kappa shape index (κ2) is 9.27. The van der Waals surface area contributed by atoms with Gasteiger partial charge in [-0.25, -0.2) is 0 Å². The third-order valence-corrected chi connectivity index (χ3v) is 6.77. The number of benzene rings is 1. The Balaban J connectivity index is 1.60. The van der Waals surface area contributed by atoms with Gasteiger partial charge in [-0.15, -0.1) is 0 Å². The lowest BCUT2D eigenvalue weighted by Gasteiger charge is -2.28. The number of hydrogen-bond acceptors (Lipinski definition) is 4. The summed E-state index contributed by atoms with van der Waals surface area (Å²) in [5, 5.41) is 4.28. The first-order valence-electron chi connectivity index (χ1n) is 11.3. The van der Waals surface area contributed by atoms with Crippen LogP contribution >= 0.6 is 12.2 Å². The fourth-order valence-electron chi connectivity index (χ4n) is 4.81. The van der Waals surface area contributed by atoms with E-state index < -0.39 is 0 Å². The molecule has 1 fully saturated rings. The van der Waals surface area contributed by atoms with Crippen molar-refractivity contribution in [3.63, 3.8) is 0 Å². The summed E-state index contributed by atoms with van der Waals surface area (Å²) in [6, 6.07) is 20.5. The number of aryl methyl sites for hydroxylation is 1. The molecule has 0 saturated carbocycles. The molecule has 1 saturated heterocycles. The van der Waals surface area contributed by atoms with Crippen molar-refractivity contribution >= 4 is 17.3 Å². The molecule has 1 aromatic carbocycles. The van der Waals surface area contributed by atoms with Crippen LogP contribution in [0.2, 0.25) is 0 Å². The van der Waals surface area contributed by atoms with Gasteiger partial charge < -0.3 is 19.5 Å². The van der Waals surface area contributed by atoms with E-state index in [4.69, 9.17) is 17.0 Å². The van der Waals surface area contributed by atoms with Gasteiger partial charge in [0.2, 0.25) is 0 Å². The Labute approximate surface area is 205 Å².